The van der Waals surface area contributed by atoms with Gasteiger partial charge in [0, 0.05) is 52.0 Å². The van der Waals surface area contributed by atoms with Crippen molar-refractivity contribution in [1.82, 2.24) is 24.5 Å². The highest BCUT2D eigenvalue weighted by Gasteiger charge is 2.26. The first-order valence-corrected chi connectivity index (χ1v) is 9.91. The van der Waals surface area contributed by atoms with Crippen molar-refractivity contribution in [2.75, 3.05) is 46.1 Å². The number of benzene rings is 1. The van der Waals surface area contributed by atoms with E-state index in [0.717, 1.165) is 56.2 Å². The molecule has 0 spiro atoms. The van der Waals surface area contributed by atoms with Crippen LogP contribution in [-0.4, -0.2) is 82.5 Å². The Hall–Kier alpha value is -3.07. The summed E-state index contributed by atoms with van der Waals surface area (Å²) >= 11 is 0. The Labute approximate surface area is 168 Å². The Balaban J connectivity index is 1.16. The zero-order valence-electron chi connectivity index (χ0n) is 16.1. The molecule has 3 aliphatic rings. The molecule has 0 N–H and O–H groups in total. The fourth-order valence-electron chi connectivity index (χ4n) is 3.78. The van der Waals surface area contributed by atoms with Gasteiger partial charge in [-0.2, -0.15) is 9.78 Å². The van der Waals surface area contributed by atoms with Gasteiger partial charge in [0.2, 0.25) is 6.79 Å². The maximum Gasteiger partial charge on any atom is 0.344 e. The van der Waals surface area contributed by atoms with Crippen molar-refractivity contribution in [1.29, 1.82) is 0 Å². The quantitative estimate of drug-likeness (QED) is 0.775. The summed E-state index contributed by atoms with van der Waals surface area (Å²) in [5, 5.41) is 4.11. The van der Waals surface area contributed by atoms with Gasteiger partial charge in [0.25, 0.3) is 5.91 Å². The molecule has 1 aromatic carbocycles. The van der Waals surface area contributed by atoms with Gasteiger partial charge in [-0.25, -0.2) is 4.79 Å². The Kier molecular flexibility index (Phi) is 4.59. The summed E-state index contributed by atoms with van der Waals surface area (Å²) in [4.78, 5) is 30.8. The molecular formula is C20H23N5O4. The monoisotopic (exact) mass is 397 g/mol. The van der Waals surface area contributed by atoms with E-state index in [1.54, 1.807) is 16.0 Å². The molecule has 5 rings (SSSR count). The average Bonchev–Trinajstić information content (AvgIpc) is 3.36. The summed E-state index contributed by atoms with van der Waals surface area (Å²) in [7, 11) is 0. The number of aromatic nitrogens is 2. The number of hydrogen-bond acceptors (Lipinski definition) is 6. The fourth-order valence-corrected chi connectivity index (χ4v) is 3.78. The molecule has 0 atom stereocenters. The first kappa shape index (κ1) is 18.0. The predicted octanol–water partition coefficient (Wildman–Crippen LogP) is 1.24. The van der Waals surface area contributed by atoms with Crippen LogP contribution in [0.4, 0.5) is 4.79 Å². The average molecular weight is 397 g/mol. The Morgan fingerprint density at radius 2 is 1.76 bits per heavy atom. The highest BCUT2D eigenvalue weighted by atomic mass is 16.7. The van der Waals surface area contributed by atoms with Gasteiger partial charge in [0.1, 0.15) is 0 Å². The van der Waals surface area contributed by atoms with E-state index in [4.69, 9.17) is 9.47 Å². The van der Waals surface area contributed by atoms with Crippen LogP contribution in [-0.2, 0) is 6.54 Å². The summed E-state index contributed by atoms with van der Waals surface area (Å²) in [6.45, 7) is 5.44. The van der Waals surface area contributed by atoms with E-state index < -0.39 is 0 Å². The lowest BCUT2D eigenvalue weighted by Crippen LogP contribution is -2.49. The molecule has 3 aliphatic heterocycles. The van der Waals surface area contributed by atoms with Crippen LogP contribution in [0.25, 0.3) is 0 Å². The van der Waals surface area contributed by atoms with Crippen molar-refractivity contribution in [3.8, 4) is 11.5 Å². The molecule has 29 heavy (non-hydrogen) atoms. The molecular weight excluding hydrogens is 374 g/mol. The smallest absolute Gasteiger partial charge is 0.344 e. The lowest BCUT2D eigenvalue weighted by atomic mass is 10.1. The van der Waals surface area contributed by atoms with Crippen molar-refractivity contribution < 1.29 is 19.1 Å². The van der Waals surface area contributed by atoms with Crippen LogP contribution < -0.4 is 9.47 Å². The summed E-state index contributed by atoms with van der Waals surface area (Å²) in [5.74, 6) is 1.53. The van der Waals surface area contributed by atoms with Crippen LogP contribution in [0.5, 0.6) is 11.5 Å². The van der Waals surface area contributed by atoms with Crippen LogP contribution in [0.3, 0.4) is 0 Å². The van der Waals surface area contributed by atoms with E-state index in [2.05, 4.69) is 10.00 Å². The van der Waals surface area contributed by atoms with Crippen LogP contribution in [0, 0.1) is 0 Å². The van der Waals surface area contributed by atoms with Crippen molar-refractivity contribution in [3.05, 3.63) is 41.7 Å². The third-order valence-corrected chi connectivity index (χ3v) is 5.65. The molecule has 2 aromatic rings. The minimum absolute atomic E-state index is 0.0520. The van der Waals surface area contributed by atoms with Gasteiger partial charge in [0.15, 0.2) is 11.5 Å². The van der Waals surface area contributed by atoms with Gasteiger partial charge >= 0.3 is 6.03 Å². The van der Waals surface area contributed by atoms with E-state index in [0.29, 0.717) is 18.7 Å². The number of carbonyl (C=O) groups is 2. The number of fused-ring (bicyclic) bond motifs is 1. The van der Waals surface area contributed by atoms with E-state index in [-0.39, 0.29) is 18.7 Å². The summed E-state index contributed by atoms with van der Waals surface area (Å²) in [5.41, 5.74) is 1.63. The molecule has 0 saturated carbocycles. The van der Waals surface area contributed by atoms with Crippen molar-refractivity contribution >= 4 is 11.9 Å². The molecule has 2 fully saturated rings. The first-order valence-electron chi connectivity index (χ1n) is 9.91. The normalized spacial score (nSPS) is 18.6. The van der Waals surface area contributed by atoms with Crippen molar-refractivity contribution in [2.24, 2.45) is 0 Å². The van der Waals surface area contributed by atoms with Gasteiger partial charge in [0.05, 0.1) is 11.8 Å². The van der Waals surface area contributed by atoms with E-state index in [9.17, 15) is 9.59 Å². The van der Waals surface area contributed by atoms with Gasteiger partial charge in [-0.3, -0.25) is 9.69 Å². The fraction of sp³-hybridized carbons (Fsp3) is 0.450. The molecule has 1 aromatic heterocycles. The molecule has 9 nitrogen and oxygen atoms in total. The van der Waals surface area contributed by atoms with E-state index in [1.807, 2.05) is 18.2 Å². The standard InChI is InChI=1S/C20H23N5O4/c26-19(23-4-1-5-23)16-11-21-25(13-16)20(27)24-8-6-22(7-9-24)12-15-2-3-17-18(10-15)29-14-28-17/h2-3,10-11,13H,1,4-9,12,14H2. The summed E-state index contributed by atoms with van der Waals surface area (Å²) in [6.07, 6.45) is 4.06. The maximum absolute atomic E-state index is 12.7. The molecule has 0 radical (unpaired) electrons. The number of carbonyl (C=O) groups excluding carboxylic acids is 2. The Morgan fingerprint density at radius 3 is 2.52 bits per heavy atom. The Bertz CT molecular complexity index is 931. The molecule has 152 valence electrons. The zero-order chi connectivity index (χ0) is 19.8. The molecule has 0 unspecified atom stereocenters. The first-order chi connectivity index (χ1) is 14.2. The number of amides is 2. The summed E-state index contributed by atoms with van der Waals surface area (Å²) < 4.78 is 12.1. The SMILES string of the molecule is O=C(c1cnn(C(=O)N2CCN(Cc3ccc4c(c3)OCO4)CC2)c1)N1CCC1. The van der Waals surface area contributed by atoms with Gasteiger partial charge < -0.3 is 19.3 Å². The summed E-state index contributed by atoms with van der Waals surface area (Å²) in [6, 6.07) is 5.82. The molecule has 9 heteroatoms. The maximum atomic E-state index is 12.7. The minimum Gasteiger partial charge on any atom is -0.454 e. The minimum atomic E-state index is -0.185. The molecule has 0 bridgehead atoms. The second kappa shape index (κ2) is 7.40. The highest BCUT2D eigenvalue weighted by Crippen LogP contribution is 2.32. The predicted molar refractivity (Wildman–Crippen MR) is 103 cm³/mol. The number of hydrogen-bond donors (Lipinski definition) is 0. The van der Waals surface area contributed by atoms with Gasteiger partial charge in [-0.1, -0.05) is 6.07 Å². The van der Waals surface area contributed by atoms with Crippen molar-refractivity contribution in [3.63, 3.8) is 0 Å². The number of ether oxygens (including phenoxy) is 2. The molecule has 4 heterocycles. The molecule has 2 saturated heterocycles. The third kappa shape index (κ3) is 3.53. The second-order valence-corrected chi connectivity index (χ2v) is 7.55. The van der Waals surface area contributed by atoms with Crippen LogP contribution in [0.1, 0.15) is 22.3 Å². The number of nitrogens with zero attached hydrogens (tertiary/aromatic N) is 5. The second-order valence-electron chi connectivity index (χ2n) is 7.55. The van der Waals surface area contributed by atoms with E-state index in [1.165, 1.54) is 10.9 Å². The number of rotatable bonds is 3. The van der Waals surface area contributed by atoms with Crippen LogP contribution in [0.2, 0.25) is 0 Å². The lowest BCUT2D eigenvalue weighted by Gasteiger charge is -2.34. The largest absolute Gasteiger partial charge is 0.454 e. The van der Waals surface area contributed by atoms with Gasteiger partial charge in [-0.05, 0) is 24.1 Å². The van der Waals surface area contributed by atoms with Gasteiger partial charge in [-0.15, -0.1) is 0 Å². The topological polar surface area (TPSA) is 80.1 Å². The van der Waals surface area contributed by atoms with Crippen molar-refractivity contribution in [2.45, 2.75) is 13.0 Å². The lowest BCUT2D eigenvalue weighted by molar-refractivity contribution is 0.0652. The number of likely N-dealkylation sites (tertiary alicyclic amines) is 1. The van der Waals surface area contributed by atoms with Crippen LogP contribution in [0.15, 0.2) is 30.6 Å². The highest BCUT2D eigenvalue weighted by molar-refractivity contribution is 5.94. The third-order valence-electron chi connectivity index (χ3n) is 5.65. The van der Waals surface area contributed by atoms with E-state index >= 15 is 0 Å². The Morgan fingerprint density at radius 1 is 0.966 bits per heavy atom. The van der Waals surface area contributed by atoms with Crippen LogP contribution >= 0.6 is 0 Å². The molecule has 0 aliphatic carbocycles. The zero-order valence-corrected chi connectivity index (χ0v) is 16.1. The number of piperazine rings is 1. The molecule has 2 amide bonds.